The molecule has 0 atom stereocenters. The molecular weight excluding hydrogens is 330 g/mol. The van der Waals surface area contributed by atoms with E-state index in [9.17, 15) is 14.4 Å². The second kappa shape index (κ2) is 7.32. The van der Waals surface area contributed by atoms with E-state index >= 15 is 0 Å². The van der Waals surface area contributed by atoms with Gasteiger partial charge in [-0.25, -0.2) is 0 Å². The van der Waals surface area contributed by atoms with Gasteiger partial charge in [-0.15, -0.1) is 0 Å². The van der Waals surface area contributed by atoms with Gasteiger partial charge in [-0.05, 0) is 69.1 Å². The normalized spacial score (nSPS) is 35.9. The van der Waals surface area contributed by atoms with Crippen LogP contribution in [0.25, 0.3) is 0 Å². The summed E-state index contributed by atoms with van der Waals surface area (Å²) in [5.74, 6) is 1.72. The van der Waals surface area contributed by atoms with Gasteiger partial charge in [0.15, 0.2) is 12.4 Å². The van der Waals surface area contributed by atoms with Crippen molar-refractivity contribution in [2.75, 3.05) is 13.2 Å². The first-order chi connectivity index (χ1) is 12.5. The number of ether oxygens (including phenoxy) is 1. The molecule has 0 aromatic rings. The molecule has 5 aliphatic rings. The smallest absolute Gasteiger partial charge is 0.325 e. The Hall–Kier alpha value is -1.39. The first-order valence-electron chi connectivity index (χ1n) is 10.5. The van der Waals surface area contributed by atoms with Crippen molar-refractivity contribution >= 4 is 17.7 Å². The summed E-state index contributed by atoms with van der Waals surface area (Å²) in [5, 5.41) is 2.69. The highest BCUT2D eigenvalue weighted by molar-refractivity contribution is 5.89. The van der Waals surface area contributed by atoms with Crippen LogP contribution in [0.15, 0.2) is 0 Å². The van der Waals surface area contributed by atoms with E-state index in [0.717, 1.165) is 44.9 Å². The second-order valence-corrected chi connectivity index (χ2v) is 9.33. The van der Waals surface area contributed by atoms with E-state index < -0.39 is 5.97 Å². The molecule has 5 heteroatoms. The molecule has 0 saturated heterocycles. The lowest BCUT2D eigenvalue weighted by Crippen LogP contribution is -2.51. The fraction of sp³-hybridized carbons (Fsp3) is 0.857. The molecular formula is C21H31NO4. The maximum atomic E-state index is 12.8. The van der Waals surface area contributed by atoms with Gasteiger partial charge in [-0.3, -0.25) is 14.4 Å². The molecule has 5 saturated carbocycles. The quantitative estimate of drug-likeness (QED) is 0.738. The zero-order valence-electron chi connectivity index (χ0n) is 15.6. The summed E-state index contributed by atoms with van der Waals surface area (Å²) in [6.07, 6.45) is 12.0. The fourth-order valence-electron chi connectivity index (χ4n) is 6.47. The predicted molar refractivity (Wildman–Crippen MR) is 96.2 cm³/mol. The number of esters is 1. The van der Waals surface area contributed by atoms with E-state index in [-0.39, 0.29) is 36.2 Å². The number of hydrogen-bond acceptors (Lipinski definition) is 4. The molecule has 4 bridgehead atoms. The van der Waals surface area contributed by atoms with E-state index in [2.05, 4.69) is 5.32 Å². The van der Waals surface area contributed by atoms with E-state index in [0.29, 0.717) is 17.8 Å². The summed E-state index contributed by atoms with van der Waals surface area (Å²) in [5.41, 5.74) is -0.222. The third-order valence-electron chi connectivity index (χ3n) is 7.38. The Kier molecular flexibility index (Phi) is 5.07. The second-order valence-electron chi connectivity index (χ2n) is 9.33. The number of nitrogens with one attached hydrogen (secondary N) is 1. The van der Waals surface area contributed by atoms with Gasteiger partial charge in [0.05, 0.1) is 0 Å². The van der Waals surface area contributed by atoms with Gasteiger partial charge < -0.3 is 10.1 Å². The summed E-state index contributed by atoms with van der Waals surface area (Å²) in [6.45, 7) is -0.242. The maximum absolute atomic E-state index is 12.8. The number of carbonyl (C=O) groups is 3. The van der Waals surface area contributed by atoms with Crippen molar-refractivity contribution < 1.29 is 19.1 Å². The lowest BCUT2D eigenvalue weighted by atomic mass is 9.48. The molecule has 0 aliphatic heterocycles. The van der Waals surface area contributed by atoms with E-state index in [1.54, 1.807) is 0 Å². The highest BCUT2D eigenvalue weighted by Gasteiger charge is 2.54. The molecule has 1 amide bonds. The average Bonchev–Trinajstić information content (AvgIpc) is 2.63. The van der Waals surface area contributed by atoms with Crippen LogP contribution in [0.2, 0.25) is 0 Å². The van der Waals surface area contributed by atoms with E-state index in [4.69, 9.17) is 4.74 Å². The van der Waals surface area contributed by atoms with E-state index in [1.807, 2.05) is 0 Å². The number of amides is 1. The molecule has 5 nitrogen and oxygen atoms in total. The van der Waals surface area contributed by atoms with Crippen molar-refractivity contribution in [2.45, 2.75) is 70.6 Å². The Labute approximate surface area is 155 Å². The molecule has 26 heavy (non-hydrogen) atoms. The Bertz CT molecular complexity index is 543. The summed E-state index contributed by atoms with van der Waals surface area (Å²) in [6, 6.07) is 0. The van der Waals surface area contributed by atoms with Crippen LogP contribution in [0.1, 0.15) is 70.6 Å². The predicted octanol–water partition coefficient (Wildman–Crippen LogP) is 3.01. The molecule has 5 aliphatic carbocycles. The number of rotatable bonds is 6. The van der Waals surface area contributed by atoms with Gasteiger partial charge in [-0.1, -0.05) is 19.3 Å². The van der Waals surface area contributed by atoms with Crippen molar-refractivity contribution in [3.63, 3.8) is 0 Å². The van der Waals surface area contributed by atoms with Crippen LogP contribution in [0, 0.1) is 29.1 Å². The Morgan fingerprint density at radius 3 is 2.04 bits per heavy atom. The van der Waals surface area contributed by atoms with Gasteiger partial charge in [0.2, 0.25) is 5.91 Å². The molecule has 0 aromatic heterocycles. The van der Waals surface area contributed by atoms with Gasteiger partial charge in [0, 0.05) is 11.3 Å². The minimum Gasteiger partial charge on any atom is -0.456 e. The summed E-state index contributed by atoms with van der Waals surface area (Å²) in [7, 11) is 0. The summed E-state index contributed by atoms with van der Waals surface area (Å²) >= 11 is 0. The topological polar surface area (TPSA) is 72.5 Å². The van der Waals surface area contributed by atoms with Crippen molar-refractivity contribution in [3.05, 3.63) is 0 Å². The molecule has 0 heterocycles. The van der Waals surface area contributed by atoms with Crippen LogP contribution in [0.3, 0.4) is 0 Å². The van der Waals surface area contributed by atoms with Gasteiger partial charge >= 0.3 is 5.97 Å². The standard InChI is InChI=1S/C21H31NO4/c23-18(21-9-14-6-15(10-21)8-16(7-14)11-21)13-26-19(24)12-22-20(25)17-4-2-1-3-5-17/h14-17H,1-13H2,(H,22,25). The monoisotopic (exact) mass is 361 g/mol. The van der Waals surface area contributed by atoms with Crippen LogP contribution in [-0.2, 0) is 19.1 Å². The van der Waals surface area contributed by atoms with E-state index in [1.165, 1.54) is 25.7 Å². The van der Waals surface area contributed by atoms with Crippen LogP contribution >= 0.6 is 0 Å². The summed E-state index contributed by atoms with van der Waals surface area (Å²) in [4.78, 5) is 36.9. The molecule has 0 unspecified atom stereocenters. The molecule has 0 spiro atoms. The lowest BCUT2D eigenvalue weighted by Gasteiger charge is -2.55. The largest absolute Gasteiger partial charge is 0.456 e. The first kappa shape index (κ1) is 18.0. The van der Waals surface area contributed by atoms with Crippen LogP contribution < -0.4 is 5.32 Å². The number of hydrogen-bond donors (Lipinski definition) is 1. The van der Waals surface area contributed by atoms with Gasteiger partial charge in [0.25, 0.3) is 0 Å². The summed E-state index contributed by atoms with van der Waals surface area (Å²) < 4.78 is 5.23. The molecule has 5 fully saturated rings. The molecule has 5 rings (SSSR count). The fourth-order valence-corrected chi connectivity index (χ4v) is 6.47. The molecule has 144 valence electrons. The third-order valence-corrected chi connectivity index (χ3v) is 7.38. The van der Waals surface area contributed by atoms with Crippen LogP contribution in [-0.4, -0.2) is 30.8 Å². The minimum absolute atomic E-state index is 0.0326. The number of ketones is 1. The Balaban J connectivity index is 1.22. The van der Waals surface area contributed by atoms with Crippen LogP contribution in [0.5, 0.6) is 0 Å². The maximum Gasteiger partial charge on any atom is 0.325 e. The zero-order chi connectivity index (χ0) is 18.1. The number of carbonyl (C=O) groups excluding carboxylic acids is 3. The van der Waals surface area contributed by atoms with Crippen LogP contribution in [0.4, 0.5) is 0 Å². The lowest BCUT2D eigenvalue weighted by molar-refractivity contribution is -0.157. The molecule has 0 radical (unpaired) electrons. The Morgan fingerprint density at radius 1 is 0.885 bits per heavy atom. The highest BCUT2D eigenvalue weighted by atomic mass is 16.5. The minimum atomic E-state index is -0.493. The third kappa shape index (κ3) is 3.67. The van der Waals surface area contributed by atoms with Crippen molar-refractivity contribution in [2.24, 2.45) is 29.1 Å². The Morgan fingerprint density at radius 2 is 1.46 bits per heavy atom. The van der Waals surface area contributed by atoms with Crippen molar-refractivity contribution in [1.29, 1.82) is 0 Å². The van der Waals surface area contributed by atoms with Crippen molar-refractivity contribution in [3.8, 4) is 0 Å². The van der Waals surface area contributed by atoms with Gasteiger partial charge in [0.1, 0.15) is 6.54 Å². The molecule has 0 aromatic carbocycles. The number of Topliss-reactive ketones (excluding diaryl/α,β-unsaturated/α-hetero) is 1. The highest BCUT2D eigenvalue weighted by Crippen LogP contribution is 2.60. The molecule has 1 N–H and O–H groups in total. The zero-order valence-corrected chi connectivity index (χ0v) is 15.6. The first-order valence-corrected chi connectivity index (χ1v) is 10.5. The SMILES string of the molecule is O=C(CNC(=O)C1CCCCC1)OCC(=O)C12CC3CC(CC(C3)C1)C2. The van der Waals surface area contributed by atoms with Gasteiger partial charge in [-0.2, -0.15) is 0 Å². The van der Waals surface area contributed by atoms with Crippen molar-refractivity contribution in [1.82, 2.24) is 5.32 Å². The average molecular weight is 361 g/mol.